The zero-order chi connectivity index (χ0) is 22.3. The number of benzene rings is 1. The number of H-pyrrole nitrogens is 1. The summed E-state index contributed by atoms with van der Waals surface area (Å²) >= 11 is 0. The largest absolute Gasteiger partial charge is 0.462 e. The smallest absolute Gasteiger partial charge is 0.281 e. The van der Waals surface area contributed by atoms with E-state index in [1.807, 2.05) is 22.9 Å². The number of unbranched alkanes of at least 4 members (excludes halogenated alkanes) is 3. The highest BCUT2D eigenvalue weighted by molar-refractivity contribution is 5.68. The van der Waals surface area contributed by atoms with Gasteiger partial charge in [-0.15, -0.1) is 5.10 Å². The standard InChI is InChI=1S/C24H31N5O3/c1-3-5-6-10-13-18(4-2)29-23-21(27-28-29)24(30)26-22(25-23)19(20-15-31-16-32-20)14-17-11-8-7-9-12-17/h7-9,11-12,15,18-19H,3-6,10,13-14,16H2,1-2H3,(H,25,26,30). The Kier molecular flexibility index (Phi) is 7.19. The summed E-state index contributed by atoms with van der Waals surface area (Å²) in [5, 5.41) is 8.47. The van der Waals surface area contributed by atoms with Crippen molar-refractivity contribution < 1.29 is 9.47 Å². The highest BCUT2D eigenvalue weighted by atomic mass is 16.7. The fraction of sp³-hybridized carbons (Fsp3) is 0.500. The molecule has 8 nitrogen and oxygen atoms in total. The highest BCUT2D eigenvalue weighted by Gasteiger charge is 2.27. The number of hydrogen-bond donors (Lipinski definition) is 1. The molecule has 0 radical (unpaired) electrons. The topological polar surface area (TPSA) is 94.9 Å². The first-order valence-electron chi connectivity index (χ1n) is 11.5. The molecule has 1 aliphatic heterocycles. The Morgan fingerprint density at radius 2 is 2.00 bits per heavy atom. The second-order valence-corrected chi connectivity index (χ2v) is 8.26. The molecular formula is C24H31N5O3. The van der Waals surface area contributed by atoms with Gasteiger partial charge in [0, 0.05) is 0 Å². The van der Waals surface area contributed by atoms with Crippen molar-refractivity contribution in [1.82, 2.24) is 25.0 Å². The number of rotatable bonds is 11. The van der Waals surface area contributed by atoms with Crippen molar-refractivity contribution in [3.8, 4) is 0 Å². The van der Waals surface area contributed by atoms with E-state index in [2.05, 4.69) is 41.3 Å². The normalized spacial score (nSPS) is 15.2. The second-order valence-electron chi connectivity index (χ2n) is 8.26. The molecule has 8 heteroatoms. The van der Waals surface area contributed by atoms with Gasteiger partial charge in [0.15, 0.2) is 11.2 Å². The molecule has 1 N–H and O–H groups in total. The van der Waals surface area contributed by atoms with E-state index in [1.165, 1.54) is 19.3 Å². The van der Waals surface area contributed by atoms with Crippen LogP contribution in [0.1, 0.15) is 75.7 Å². The Labute approximate surface area is 187 Å². The molecule has 3 heterocycles. The number of aromatic nitrogens is 5. The van der Waals surface area contributed by atoms with E-state index in [4.69, 9.17) is 14.5 Å². The molecule has 0 fully saturated rings. The minimum absolute atomic E-state index is 0.164. The molecule has 0 spiro atoms. The van der Waals surface area contributed by atoms with Crippen LogP contribution < -0.4 is 5.56 Å². The molecule has 2 atom stereocenters. The number of nitrogens with zero attached hydrogens (tertiary/aromatic N) is 4. The van der Waals surface area contributed by atoms with Gasteiger partial charge in [-0.05, 0) is 24.8 Å². The van der Waals surface area contributed by atoms with E-state index in [0.717, 1.165) is 24.8 Å². The van der Waals surface area contributed by atoms with E-state index < -0.39 is 0 Å². The van der Waals surface area contributed by atoms with Gasteiger partial charge in [-0.2, -0.15) is 0 Å². The van der Waals surface area contributed by atoms with Crippen molar-refractivity contribution in [1.29, 1.82) is 0 Å². The highest BCUT2D eigenvalue weighted by Crippen LogP contribution is 2.30. The van der Waals surface area contributed by atoms with Gasteiger partial charge in [-0.1, -0.05) is 75.1 Å². The number of nitrogens with one attached hydrogen (secondary N) is 1. The Balaban J connectivity index is 1.69. The van der Waals surface area contributed by atoms with Gasteiger partial charge in [0.1, 0.15) is 17.8 Å². The van der Waals surface area contributed by atoms with Crippen molar-refractivity contribution in [2.75, 3.05) is 6.79 Å². The molecule has 4 rings (SSSR count). The molecule has 2 aromatic heterocycles. The third-order valence-corrected chi connectivity index (χ3v) is 6.01. The lowest BCUT2D eigenvalue weighted by Gasteiger charge is -2.18. The van der Waals surface area contributed by atoms with Crippen LogP contribution in [-0.4, -0.2) is 31.8 Å². The molecule has 1 aromatic carbocycles. The van der Waals surface area contributed by atoms with Gasteiger partial charge in [0.05, 0.1) is 12.0 Å². The summed E-state index contributed by atoms with van der Waals surface area (Å²) < 4.78 is 12.8. The van der Waals surface area contributed by atoms with Crippen LogP contribution in [0.25, 0.3) is 11.2 Å². The van der Waals surface area contributed by atoms with Crippen molar-refractivity contribution in [2.24, 2.45) is 0 Å². The first-order chi connectivity index (χ1) is 15.7. The number of ether oxygens (including phenoxy) is 2. The quantitative estimate of drug-likeness (QED) is 0.440. The lowest BCUT2D eigenvalue weighted by atomic mass is 9.96. The molecule has 0 saturated heterocycles. The summed E-state index contributed by atoms with van der Waals surface area (Å²) in [6, 6.07) is 10.2. The SMILES string of the molecule is CCCCCCC(CC)n1nnc2c(=O)[nH]c(C(Cc3ccccc3)C3=COCO3)nc21. The molecule has 1 aliphatic rings. The van der Waals surface area contributed by atoms with Crippen LogP contribution in [0.4, 0.5) is 0 Å². The predicted molar refractivity (Wildman–Crippen MR) is 122 cm³/mol. The fourth-order valence-corrected chi connectivity index (χ4v) is 4.19. The molecule has 0 amide bonds. The molecule has 0 aliphatic carbocycles. The maximum Gasteiger partial charge on any atom is 0.281 e. The van der Waals surface area contributed by atoms with E-state index in [0.29, 0.717) is 23.7 Å². The number of aromatic amines is 1. The molecule has 170 valence electrons. The maximum absolute atomic E-state index is 12.9. The van der Waals surface area contributed by atoms with Gasteiger partial charge in [0.2, 0.25) is 6.79 Å². The van der Waals surface area contributed by atoms with Crippen molar-refractivity contribution >= 4 is 11.2 Å². The summed E-state index contributed by atoms with van der Waals surface area (Å²) in [5.41, 5.74) is 1.64. The third-order valence-electron chi connectivity index (χ3n) is 6.01. The zero-order valence-corrected chi connectivity index (χ0v) is 18.8. The Morgan fingerprint density at radius 1 is 1.16 bits per heavy atom. The maximum atomic E-state index is 12.9. The van der Waals surface area contributed by atoms with Crippen molar-refractivity contribution in [3.05, 3.63) is 64.1 Å². The Morgan fingerprint density at radius 3 is 2.72 bits per heavy atom. The molecule has 2 unspecified atom stereocenters. The first-order valence-corrected chi connectivity index (χ1v) is 11.5. The molecule has 0 bridgehead atoms. The third kappa shape index (κ3) is 4.84. The first kappa shape index (κ1) is 22.0. The second kappa shape index (κ2) is 10.4. The summed E-state index contributed by atoms with van der Waals surface area (Å²) in [6.07, 6.45) is 8.89. The number of fused-ring (bicyclic) bond motifs is 1. The van der Waals surface area contributed by atoms with Crippen LogP contribution >= 0.6 is 0 Å². The molecule has 0 saturated carbocycles. The number of allylic oxidation sites excluding steroid dienone is 1. The van der Waals surface area contributed by atoms with E-state index in [-0.39, 0.29) is 29.8 Å². The van der Waals surface area contributed by atoms with E-state index in [1.54, 1.807) is 6.26 Å². The molecule has 3 aromatic rings. The summed E-state index contributed by atoms with van der Waals surface area (Å²) in [6.45, 7) is 4.52. The van der Waals surface area contributed by atoms with Gasteiger partial charge >= 0.3 is 0 Å². The van der Waals surface area contributed by atoms with Crippen LogP contribution in [0.3, 0.4) is 0 Å². The summed E-state index contributed by atoms with van der Waals surface area (Å²) in [4.78, 5) is 20.7. The van der Waals surface area contributed by atoms with Crippen molar-refractivity contribution in [2.45, 2.75) is 70.8 Å². The van der Waals surface area contributed by atoms with Gasteiger partial charge in [0.25, 0.3) is 5.56 Å². The average Bonchev–Trinajstić information content (AvgIpc) is 3.49. The minimum atomic E-state index is -0.283. The van der Waals surface area contributed by atoms with E-state index >= 15 is 0 Å². The Hall–Kier alpha value is -3.16. The zero-order valence-electron chi connectivity index (χ0n) is 18.8. The lowest BCUT2D eigenvalue weighted by Crippen LogP contribution is -2.19. The van der Waals surface area contributed by atoms with Crippen molar-refractivity contribution in [3.63, 3.8) is 0 Å². The van der Waals surface area contributed by atoms with Crippen LogP contribution in [-0.2, 0) is 15.9 Å². The van der Waals surface area contributed by atoms with Gasteiger partial charge in [-0.25, -0.2) is 9.67 Å². The minimum Gasteiger partial charge on any atom is -0.462 e. The molecule has 32 heavy (non-hydrogen) atoms. The Bertz CT molecular complexity index is 1110. The molecular weight excluding hydrogens is 406 g/mol. The lowest BCUT2D eigenvalue weighted by molar-refractivity contribution is 0.0748. The summed E-state index contributed by atoms with van der Waals surface area (Å²) in [5.74, 6) is 0.916. The predicted octanol–water partition coefficient (Wildman–Crippen LogP) is 4.61. The van der Waals surface area contributed by atoms with Crippen LogP contribution in [0.15, 0.2) is 47.1 Å². The van der Waals surface area contributed by atoms with Crippen LogP contribution in [0.5, 0.6) is 0 Å². The van der Waals surface area contributed by atoms with E-state index in [9.17, 15) is 4.79 Å². The summed E-state index contributed by atoms with van der Waals surface area (Å²) in [7, 11) is 0. The van der Waals surface area contributed by atoms with Gasteiger partial charge < -0.3 is 14.5 Å². The fourth-order valence-electron chi connectivity index (χ4n) is 4.19. The van der Waals surface area contributed by atoms with Gasteiger partial charge in [-0.3, -0.25) is 4.79 Å². The average molecular weight is 438 g/mol. The monoisotopic (exact) mass is 437 g/mol. The number of hydrogen-bond acceptors (Lipinski definition) is 6. The van der Waals surface area contributed by atoms with Crippen LogP contribution in [0, 0.1) is 0 Å². The van der Waals surface area contributed by atoms with Crippen LogP contribution in [0.2, 0.25) is 0 Å².